The number of ether oxygens (including phenoxy) is 2. The normalized spacial score (nSPS) is 24.8. The number of benzene rings is 1. The number of alkyl halides is 1. The Kier molecular flexibility index (Phi) is 7.42. The van der Waals surface area contributed by atoms with Gasteiger partial charge in [-0.15, -0.1) is 12.4 Å². The maximum absolute atomic E-state index is 15.4. The predicted octanol–water partition coefficient (Wildman–Crippen LogP) is 2.64. The van der Waals surface area contributed by atoms with Crippen LogP contribution in [0.5, 0.6) is 0 Å². The van der Waals surface area contributed by atoms with E-state index in [-0.39, 0.29) is 24.9 Å². The summed E-state index contributed by atoms with van der Waals surface area (Å²) < 4.78 is 26.2. The summed E-state index contributed by atoms with van der Waals surface area (Å²) in [6, 6.07) is 8.80. The summed E-state index contributed by atoms with van der Waals surface area (Å²) in [6.07, 6.45) is -0.112. The second-order valence-electron chi connectivity index (χ2n) is 6.24. The number of hydrogen-bond donors (Lipinski definition) is 2. The van der Waals surface area contributed by atoms with Crippen molar-refractivity contribution in [3.63, 3.8) is 0 Å². The van der Waals surface area contributed by atoms with E-state index in [2.05, 4.69) is 5.32 Å². The molecule has 1 aromatic carbocycles. The zero-order valence-electron chi connectivity index (χ0n) is 13.9. The molecule has 2 N–H and O–H groups in total. The molecule has 1 saturated heterocycles. The van der Waals surface area contributed by atoms with Crippen molar-refractivity contribution in [2.45, 2.75) is 37.8 Å². The lowest BCUT2D eigenvalue weighted by atomic mass is 9.82. The third kappa shape index (κ3) is 4.64. The van der Waals surface area contributed by atoms with Gasteiger partial charge in [0.1, 0.15) is 0 Å². The van der Waals surface area contributed by atoms with Crippen LogP contribution < -0.4 is 5.32 Å². The van der Waals surface area contributed by atoms with Crippen molar-refractivity contribution in [3.05, 3.63) is 35.9 Å². The van der Waals surface area contributed by atoms with E-state index in [1.165, 1.54) is 7.11 Å². The Morgan fingerprint density at radius 2 is 2.09 bits per heavy atom. The third-order valence-electron chi connectivity index (χ3n) is 4.44. The number of nitrogens with one attached hydrogen (secondary N) is 1. The number of aliphatic hydroxyl groups is 1. The zero-order valence-corrected chi connectivity index (χ0v) is 14.7. The molecule has 132 valence electrons. The van der Waals surface area contributed by atoms with Crippen LogP contribution in [0.25, 0.3) is 0 Å². The van der Waals surface area contributed by atoms with E-state index in [0.717, 1.165) is 6.54 Å². The van der Waals surface area contributed by atoms with Gasteiger partial charge in [0.15, 0.2) is 0 Å². The largest absolute Gasteiger partial charge is 0.387 e. The molecule has 0 aromatic heterocycles. The molecule has 23 heavy (non-hydrogen) atoms. The average Bonchev–Trinajstić information content (AvgIpc) is 2.55. The molecule has 0 saturated carbocycles. The van der Waals surface area contributed by atoms with Crippen molar-refractivity contribution in [2.75, 3.05) is 26.8 Å². The highest BCUT2D eigenvalue weighted by Gasteiger charge is 2.44. The van der Waals surface area contributed by atoms with Crippen LogP contribution in [0.1, 0.15) is 25.8 Å². The van der Waals surface area contributed by atoms with Gasteiger partial charge in [-0.05, 0) is 13.3 Å². The lowest BCUT2D eigenvalue weighted by Crippen LogP contribution is -2.53. The molecule has 1 aliphatic heterocycles. The van der Waals surface area contributed by atoms with Gasteiger partial charge in [0.25, 0.3) is 0 Å². The number of rotatable bonds is 6. The summed E-state index contributed by atoms with van der Waals surface area (Å²) >= 11 is 0. The van der Waals surface area contributed by atoms with Crippen LogP contribution in [-0.2, 0) is 15.3 Å². The maximum Gasteiger partial charge on any atom is 0.237 e. The smallest absolute Gasteiger partial charge is 0.237 e. The predicted molar refractivity (Wildman–Crippen MR) is 90.5 cm³/mol. The second-order valence-corrected chi connectivity index (χ2v) is 6.24. The van der Waals surface area contributed by atoms with Gasteiger partial charge >= 0.3 is 0 Å². The van der Waals surface area contributed by atoms with Gasteiger partial charge in [0, 0.05) is 31.7 Å². The SMILES string of the molecule is COC(F)(c1ccccc1)C(C)CC(C)(O)C1CNCCO1.Cl. The van der Waals surface area contributed by atoms with E-state index in [4.69, 9.17) is 9.47 Å². The first kappa shape index (κ1) is 20.3. The first-order chi connectivity index (χ1) is 10.4. The van der Waals surface area contributed by atoms with Crippen molar-refractivity contribution in [1.82, 2.24) is 5.32 Å². The van der Waals surface area contributed by atoms with Crippen LogP contribution in [0.3, 0.4) is 0 Å². The summed E-state index contributed by atoms with van der Waals surface area (Å²) in [7, 11) is 1.36. The highest BCUT2D eigenvalue weighted by molar-refractivity contribution is 5.85. The molecule has 1 heterocycles. The van der Waals surface area contributed by atoms with Crippen LogP contribution in [-0.4, -0.2) is 43.6 Å². The Labute approximate surface area is 143 Å². The van der Waals surface area contributed by atoms with E-state index in [0.29, 0.717) is 18.7 Å². The van der Waals surface area contributed by atoms with Crippen molar-refractivity contribution in [3.8, 4) is 0 Å². The Bertz CT molecular complexity index is 468. The highest BCUT2D eigenvalue weighted by atomic mass is 35.5. The molecule has 4 unspecified atom stereocenters. The summed E-state index contributed by atoms with van der Waals surface area (Å²) in [4.78, 5) is 0. The Morgan fingerprint density at radius 3 is 2.61 bits per heavy atom. The van der Waals surface area contributed by atoms with Crippen LogP contribution >= 0.6 is 12.4 Å². The molecular weight excluding hydrogens is 321 g/mol. The van der Waals surface area contributed by atoms with E-state index in [1.54, 1.807) is 38.1 Å². The summed E-state index contributed by atoms with van der Waals surface area (Å²) in [5.41, 5.74) is -0.666. The molecule has 0 amide bonds. The molecule has 6 heteroatoms. The average molecular weight is 348 g/mol. The maximum atomic E-state index is 15.4. The molecule has 0 aliphatic carbocycles. The Hall–Kier alpha value is -0.720. The summed E-state index contributed by atoms with van der Waals surface area (Å²) in [5, 5.41) is 13.9. The molecule has 0 bridgehead atoms. The molecule has 4 atom stereocenters. The molecule has 0 spiro atoms. The molecule has 0 radical (unpaired) electrons. The van der Waals surface area contributed by atoms with Crippen LogP contribution in [0.2, 0.25) is 0 Å². The van der Waals surface area contributed by atoms with Crippen molar-refractivity contribution >= 4 is 12.4 Å². The quantitative estimate of drug-likeness (QED) is 0.830. The van der Waals surface area contributed by atoms with Crippen molar-refractivity contribution in [1.29, 1.82) is 0 Å². The fourth-order valence-electron chi connectivity index (χ4n) is 3.12. The molecule has 1 aromatic rings. The van der Waals surface area contributed by atoms with E-state index < -0.39 is 17.4 Å². The molecule has 4 nitrogen and oxygen atoms in total. The first-order valence-corrected chi connectivity index (χ1v) is 7.74. The van der Waals surface area contributed by atoms with Gasteiger partial charge in [0.2, 0.25) is 5.85 Å². The Morgan fingerprint density at radius 1 is 1.43 bits per heavy atom. The van der Waals surface area contributed by atoms with Gasteiger partial charge < -0.3 is 19.9 Å². The minimum Gasteiger partial charge on any atom is -0.387 e. The van der Waals surface area contributed by atoms with Crippen LogP contribution in [0.4, 0.5) is 4.39 Å². The van der Waals surface area contributed by atoms with Crippen molar-refractivity contribution in [2.24, 2.45) is 5.92 Å². The lowest BCUT2D eigenvalue weighted by Gasteiger charge is -2.40. The molecule has 1 fully saturated rings. The van der Waals surface area contributed by atoms with E-state index in [9.17, 15) is 5.11 Å². The van der Waals surface area contributed by atoms with Crippen molar-refractivity contribution < 1.29 is 19.0 Å². The van der Waals surface area contributed by atoms with Gasteiger partial charge in [-0.1, -0.05) is 37.3 Å². The van der Waals surface area contributed by atoms with Crippen LogP contribution in [0, 0.1) is 5.92 Å². The summed E-state index contributed by atoms with van der Waals surface area (Å²) in [6.45, 7) is 5.34. The van der Waals surface area contributed by atoms with E-state index in [1.807, 2.05) is 6.07 Å². The van der Waals surface area contributed by atoms with Gasteiger partial charge in [-0.3, -0.25) is 0 Å². The third-order valence-corrected chi connectivity index (χ3v) is 4.44. The minimum absolute atomic E-state index is 0. The fraction of sp³-hybridized carbons (Fsp3) is 0.647. The number of methoxy groups -OCH3 is 1. The second kappa shape index (κ2) is 8.40. The minimum atomic E-state index is -1.94. The van der Waals surface area contributed by atoms with E-state index >= 15 is 4.39 Å². The van der Waals surface area contributed by atoms with Gasteiger partial charge in [-0.2, -0.15) is 0 Å². The monoisotopic (exact) mass is 347 g/mol. The zero-order chi connectivity index (χ0) is 16.2. The number of hydrogen-bond acceptors (Lipinski definition) is 4. The molecular formula is C17H27ClFNO3. The molecule has 2 rings (SSSR count). The summed E-state index contributed by atoms with van der Waals surface area (Å²) in [5.74, 6) is -2.46. The highest BCUT2D eigenvalue weighted by Crippen LogP contribution is 2.40. The fourth-order valence-corrected chi connectivity index (χ4v) is 3.12. The number of halogens is 2. The van der Waals surface area contributed by atoms with Gasteiger partial charge in [0.05, 0.1) is 18.3 Å². The lowest BCUT2D eigenvalue weighted by molar-refractivity contribution is -0.193. The Balaban J connectivity index is 0.00000264. The number of morpholine rings is 1. The topological polar surface area (TPSA) is 50.7 Å². The molecule has 1 aliphatic rings. The standard InChI is InChI=1S/C17H26FNO3.ClH/c1-13(11-16(2,20)15-12-19-9-10-22-15)17(18,21-3)14-7-5-4-6-8-14;/h4-8,13,15,19-20H,9-12H2,1-3H3;1H. The van der Waals surface area contributed by atoms with Crippen LogP contribution in [0.15, 0.2) is 30.3 Å². The van der Waals surface area contributed by atoms with Gasteiger partial charge in [-0.25, -0.2) is 4.39 Å². The first-order valence-electron chi connectivity index (χ1n) is 7.74.